The molecule has 3 aliphatic rings. The largest absolute Gasteiger partial charge is 0.396 e. The van der Waals surface area contributed by atoms with Crippen LogP contribution < -0.4 is 5.32 Å². The maximum atomic E-state index is 9.85. The number of nitrogens with one attached hydrogen (secondary N) is 1. The van der Waals surface area contributed by atoms with Crippen LogP contribution in [0.3, 0.4) is 0 Å². The van der Waals surface area contributed by atoms with Crippen LogP contribution >= 0.6 is 24.8 Å². The van der Waals surface area contributed by atoms with Crippen molar-refractivity contribution < 1.29 is 9.84 Å². The number of hydrogen-bond donors (Lipinski definition) is 2. The quantitative estimate of drug-likeness (QED) is 0.863. The number of halogens is 2. The Morgan fingerprint density at radius 3 is 2.59 bits per heavy atom. The van der Waals surface area contributed by atoms with E-state index in [-0.39, 0.29) is 36.8 Å². The van der Waals surface area contributed by atoms with Crippen molar-refractivity contribution in [3.05, 3.63) is 18.2 Å². The van der Waals surface area contributed by atoms with Crippen LogP contribution in [-0.2, 0) is 11.3 Å². The van der Waals surface area contributed by atoms with Crippen molar-refractivity contribution in [3.8, 4) is 0 Å². The minimum Gasteiger partial charge on any atom is -0.396 e. The van der Waals surface area contributed by atoms with Crippen molar-refractivity contribution in [1.29, 1.82) is 0 Å². The smallest absolute Gasteiger partial charge is 0.112 e. The summed E-state index contributed by atoms with van der Waals surface area (Å²) in [4.78, 5) is 4.61. The summed E-state index contributed by atoms with van der Waals surface area (Å²) in [6, 6.07) is 0. The van der Waals surface area contributed by atoms with E-state index < -0.39 is 0 Å². The Morgan fingerprint density at radius 1 is 1.27 bits per heavy atom. The molecular formula is C15H25Cl2N3O2. The van der Waals surface area contributed by atoms with Crippen molar-refractivity contribution in [2.75, 3.05) is 32.9 Å². The van der Waals surface area contributed by atoms with Crippen molar-refractivity contribution >= 4 is 24.8 Å². The van der Waals surface area contributed by atoms with Crippen LogP contribution in [0.15, 0.2) is 12.4 Å². The molecule has 7 heteroatoms. The van der Waals surface area contributed by atoms with Crippen molar-refractivity contribution in [2.45, 2.75) is 25.3 Å². The van der Waals surface area contributed by atoms with E-state index in [0.717, 1.165) is 57.5 Å². The molecule has 1 aliphatic carbocycles. The second kappa shape index (κ2) is 7.05. The van der Waals surface area contributed by atoms with Gasteiger partial charge in [-0.15, -0.1) is 24.8 Å². The summed E-state index contributed by atoms with van der Waals surface area (Å²) in [5, 5.41) is 13.3. The SMILES string of the molecule is Cl.Cl.OCC1(Cn2ccnc2C2[C@H]3CNC[C@@H]23)CCOCC1. The van der Waals surface area contributed by atoms with Crippen LogP contribution in [0.1, 0.15) is 24.6 Å². The summed E-state index contributed by atoms with van der Waals surface area (Å²) in [7, 11) is 0. The van der Waals surface area contributed by atoms with Crippen LogP contribution in [0, 0.1) is 17.3 Å². The molecule has 1 aromatic heterocycles. The predicted octanol–water partition coefficient (Wildman–Crippen LogP) is 1.45. The highest BCUT2D eigenvalue weighted by Gasteiger charge is 2.55. The van der Waals surface area contributed by atoms with Gasteiger partial charge in [0.05, 0.1) is 6.61 Å². The molecule has 126 valence electrons. The van der Waals surface area contributed by atoms with E-state index in [9.17, 15) is 5.11 Å². The molecular weight excluding hydrogens is 325 g/mol. The first-order chi connectivity index (χ1) is 9.83. The molecule has 3 atom stereocenters. The fourth-order valence-corrected chi connectivity index (χ4v) is 4.09. The van der Waals surface area contributed by atoms with Crippen molar-refractivity contribution in [2.24, 2.45) is 17.3 Å². The zero-order valence-corrected chi connectivity index (χ0v) is 14.2. The first-order valence-corrected chi connectivity index (χ1v) is 7.73. The Morgan fingerprint density at radius 2 is 1.95 bits per heavy atom. The highest BCUT2D eigenvalue weighted by atomic mass is 35.5. The number of aliphatic hydroxyl groups is 1. The van der Waals surface area contributed by atoms with Gasteiger partial charge in [0.2, 0.25) is 0 Å². The molecule has 0 bridgehead atoms. The fourth-order valence-electron chi connectivity index (χ4n) is 4.09. The average molecular weight is 350 g/mol. The third-order valence-electron chi connectivity index (χ3n) is 5.53. The van der Waals surface area contributed by atoms with E-state index in [4.69, 9.17) is 4.74 Å². The third-order valence-corrected chi connectivity index (χ3v) is 5.53. The van der Waals surface area contributed by atoms with E-state index >= 15 is 0 Å². The predicted molar refractivity (Wildman–Crippen MR) is 88.9 cm³/mol. The van der Waals surface area contributed by atoms with Crippen molar-refractivity contribution in [1.82, 2.24) is 14.9 Å². The molecule has 0 aromatic carbocycles. The van der Waals surface area contributed by atoms with Gasteiger partial charge in [-0.2, -0.15) is 0 Å². The zero-order valence-electron chi connectivity index (χ0n) is 12.6. The van der Waals surface area contributed by atoms with Crippen LogP contribution in [0.25, 0.3) is 0 Å². The van der Waals surface area contributed by atoms with Gasteiger partial charge in [-0.05, 0) is 37.8 Å². The molecule has 1 saturated carbocycles. The number of ether oxygens (including phenoxy) is 1. The molecule has 2 aliphatic heterocycles. The number of aromatic nitrogens is 2. The maximum absolute atomic E-state index is 9.85. The Hall–Kier alpha value is -0.330. The molecule has 3 fully saturated rings. The Bertz CT molecular complexity index is 481. The van der Waals surface area contributed by atoms with E-state index in [1.807, 2.05) is 6.20 Å². The lowest BCUT2D eigenvalue weighted by molar-refractivity contribution is -0.0257. The van der Waals surface area contributed by atoms with Gasteiger partial charge in [-0.1, -0.05) is 0 Å². The molecule has 2 saturated heterocycles. The van der Waals surface area contributed by atoms with E-state index in [1.54, 1.807) is 0 Å². The third kappa shape index (κ3) is 3.02. The molecule has 1 unspecified atom stereocenters. The van der Waals surface area contributed by atoms with Gasteiger partial charge in [-0.25, -0.2) is 4.98 Å². The summed E-state index contributed by atoms with van der Waals surface area (Å²) >= 11 is 0. The monoisotopic (exact) mass is 349 g/mol. The standard InChI is InChI=1S/C15H23N3O2.2ClH/c19-10-15(1-5-20-6-2-15)9-18-4-3-17-14(18)13-11-7-16-8-12(11)13;;/h3-4,11-13,16,19H,1-2,5-10H2;2*1H/t11-,12+,13?;;. The molecule has 3 heterocycles. The van der Waals surface area contributed by atoms with Gasteiger partial charge >= 0.3 is 0 Å². The number of imidazole rings is 1. The van der Waals surface area contributed by atoms with E-state index in [0.29, 0.717) is 5.92 Å². The summed E-state index contributed by atoms with van der Waals surface area (Å²) in [6.07, 6.45) is 5.89. The highest BCUT2D eigenvalue weighted by molar-refractivity contribution is 5.85. The van der Waals surface area contributed by atoms with Gasteiger partial charge in [0.15, 0.2) is 0 Å². The first kappa shape index (κ1) is 18.0. The molecule has 5 nitrogen and oxygen atoms in total. The zero-order chi connectivity index (χ0) is 13.6. The highest BCUT2D eigenvalue weighted by Crippen LogP contribution is 2.55. The molecule has 0 amide bonds. The normalized spacial score (nSPS) is 31.8. The Kier molecular flexibility index (Phi) is 5.78. The number of fused-ring (bicyclic) bond motifs is 1. The lowest BCUT2D eigenvalue weighted by Gasteiger charge is -2.36. The summed E-state index contributed by atoms with van der Waals surface area (Å²) in [5.74, 6) is 3.45. The van der Waals surface area contributed by atoms with E-state index in [1.165, 1.54) is 5.82 Å². The van der Waals surface area contributed by atoms with Crippen LogP contribution in [0.4, 0.5) is 0 Å². The second-order valence-electron chi connectivity index (χ2n) is 6.70. The van der Waals surface area contributed by atoms with Gasteiger partial charge < -0.3 is 19.7 Å². The average Bonchev–Trinajstić information content (AvgIpc) is 2.88. The van der Waals surface area contributed by atoms with Gasteiger partial charge in [0.25, 0.3) is 0 Å². The molecule has 1 aromatic rings. The Labute approximate surface area is 143 Å². The van der Waals surface area contributed by atoms with Gasteiger partial charge in [0.1, 0.15) is 5.82 Å². The minimum absolute atomic E-state index is 0. The number of nitrogens with zero attached hydrogens (tertiary/aromatic N) is 2. The number of aliphatic hydroxyl groups excluding tert-OH is 1. The minimum atomic E-state index is -0.0179. The van der Waals surface area contributed by atoms with Crippen molar-refractivity contribution in [3.63, 3.8) is 0 Å². The maximum Gasteiger partial charge on any atom is 0.112 e. The molecule has 4 rings (SSSR count). The molecule has 0 radical (unpaired) electrons. The van der Waals surface area contributed by atoms with E-state index in [2.05, 4.69) is 21.1 Å². The molecule has 22 heavy (non-hydrogen) atoms. The molecule has 2 N–H and O–H groups in total. The lowest BCUT2D eigenvalue weighted by Crippen LogP contribution is -2.37. The van der Waals surface area contributed by atoms with Crippen LogP contribution in [-0.4, -0.2) is 47.6 Å². The topological polar surface area (TPSA) is 59.3 Å². The number of hydrogen-bond acceptors (Lipinski definition) is 4. The van der Waals surface area contributed by atoms with Gasteiger partial charge in [-0.3, -0.25) is 0 Å². The summed E-state index contributed by atoms with van der Waals surface area (Å²) in [5.41, 5.74) is -0.0179. The first-order valence-electron chi connectivity index (χ1n) is 7.73. The Balaban J connectivity index is 0.000000882. The van der Waals surface area contributed by atoms with Crippen LogP contribution in [0.2, 0.25) is 0 Å². The summed E-state index contributed by atoms with van der Waals surface area (Å²) < 4.78 is 7.75. The van der Waals surface area contributed by atoms with Gasteiger partial charge in [0, 0.05) is 43.5 Å². The number of rotatable bonds is 4. The second-order valence-corrected chi connectivity index (χ2v) is 6.70. The van der Waals surface area contributed by atoms with Crippen LogP contribution in [0.5, 0.6) is 0 Å². The summed E-state index contributed by atoms with van der Waals surface area (Å²) in [6.45, 7) is 4.94. The number of piperidine rings is 1. The molecule has 0 spiro atoms. The fraction of sp³-hybridized carbons (Fsp3) is 0.800. The lowest BCUT2D eigenvalue weighted by atomic mass is 9.81.